The Kier molecular flexibility index (Phi) is 4.86. The molecule has 0 bridgehead atoms. The molecule has 3 heterocycles. The Hall–Kier alpha value is -4.26. The van der Waals surface area contributed by atoms with E-state index in [1.807, 2.05) is 18.2 Å². The van der Waals surface area contributed by atoms with Crippen LogP contribution in [0.2, 0.25) is 0 Å². The zero-order valence-electron chi connectivity index (χ0n) is 15.6. The van der Waals surface area contributed by atoms with Crippen LogP contribution in [-0.4, -0.2) is 42.5 Å². The van der Waals surface area contributed by atoms with Crippen molar-refractivity contribution in [2.24, 2.45) is 0 Å². The van der Waals surface area contributed by atoms with E-state index in [-0.39, 0.29) is 12.5 Å². The second-order valence-corrected chi connectivity index (χ2v) is 6.27. The molecule has 0 radical (unpaired) electrons. The van der Waals surface area contributed by atoms with Crippen molar-refractivity contribution in [3.8, 4) is 6.07 Å². The van der Waals surface area contributed by atoms with E-state index in [0.717, 1.165) is 10.9 Å². The molecule has 1 aromatic carbocycles. The molecule has 0 atom stereocenters. The molecule has 1 amide bonds. The molecule has 10 heteroatoms. The van der Waals surface area contributed by atoms with E-state index in [9.17, 15) is 10.1 Å². The topological polar surface area (TPSA) is 126 Å². The van der Waals surface area contributed by atoms with Gasteiger partial charge in [-0.15, -0.1) is 0 Å². The molecule has 0 saturated heterocycles. The van der Waals surface area contributed by atoms with Crippen LogP contribution in [0.25, 0.3) is 11.0 Å². The van der Waals surface area contributed by atoms with Crippen LogP contribution in [-0.2, 0) is 17.9 Å². The standard InChI is InChI=1S/C19H17N9O/c1-21-17(29)12-27-11-16(9-23-27)25-19-22-7-15-8-24-28(18(15)26-19)10-14-5-3-2-4-13(14)6-20/h2-5,7-9,11H,10,12H2,1H3,(H,21,29)(H,22,25,26). The fourth-order valence-electron chi connectivity index (χ4n) is 2.84. The summed E-state index contributed by atoms with van der Waals surface area (Å²) in [4.78, 5) is 20.3. The largest absolute Gasteiger partial charge is 0.358 e. The molecule has 0 fully saturated rings. The Labute approximate surface area is 165 Å². The van der Waals surface area contributed by atoms with Crippen molar-refractivity contribution >= 4 is 28.6 Å². The van der Waals surface area contributed by atoms with Crippen LogP contribution in [0.1, 0.15) is 11.1 Å². The number of anilines is 2. The number of nitrogens with one attached hydrogen (secondary N) is 2. The summed E-state index contributed by atoms with van der Waals surface area (Å²) in [6.07, 6.45) is 6.66. The van der Waals surface area contributed by atoms with Crippen LogP contribution in [0.3, 0.4) is 0 Å². The smallest absolute Gasteiger partial charge is 0.241 e. The lowest BCUT2D eigenvalue weighted by molar-refractivity contribution is -0.121. The van der Waals surface area contributed by atoms with E-state index in [0.29, 0.717) is 29.4 Å². The van der Waals surface area contributed by atoms with Gasteiger partial charge in [0.05, 0.1) is 41.6 Å². The molecule has 0 aliphatic rings. The molecule has 2 N–H and O–H groups in total. The zero-order chi connectivity index (χ0) is 20.2. The van der Waals surface area contributed by atoms with Gasteiger partial charge in [0.2, 0.25) is 11.9 Å². The van der Waals surface area contributed by atoms with E-state index < -0.39 is 0 Å². The van der Waals surface area contributed by atoms with Crippen molar-refractivity contribution in [2.75, 3.05) is 12.4 Å². The molecule has 3 aromatic heterocycles. The third kappa shape index (κ3) is 3.89. The van der Waals surface area contributed by atoms with Crippen molar-refractivity contribution in [1.29, 1.82) is 5.26 Å². The average molecular weight is 387 g/mol. The lowest BCUT2D eigenvalue weighted by Crippen LogP contribution is -2.23. The number of hydrogen-bond donors (Lipinski definition) is 2. The molecule has 0 aliphatic heterocycles. The van der Waals surface area contributed by atoms with Gasteiger partial charge in [-0.1, -0.05) is 18.2 Å². The maximum Gasteiger partial charge on any atom is 0.241 e. The van der Waals surface area contributed by atoms with Gasteiger partial charge in [-0.2, -0.15) is 20.4 Å². The number of hydrogen-bond acceptors (Lipinski definition) is 7. The van der Waals surface area contributed by atoms with Gasteiger partial charge in [0.1, 0.15) is 6.54 Å². The first kappa shape index (κ1) is 18.1. The van der Waals surface area contributed by atoms with E-state index in [2.05, 4.69) is 36.9 Å². The number of fused-ring (bicyclic) bond motifs is 1. The molecule has 0 aliphatic carbocycles. The summed E-state index contributed by atoms with van der Waals surface area (Å²) in [5.74, 6) is 0.242. The summed E-state index contributed by atoms with van der Waals surface area (Å²) in [7, 11) is 1.58. The summed E-state index contributed by atoms with van der Waals surface area (Å²) in [5.41, 5.74) is 2.78. The van der Waals surface area contributed by atoms with E-state index in [4.69, 9.17) is 0 Å². The summed E-state index contributed by atoms with van der Waals surface area (Å²) in [5, 5.41) is 24.2. The molecule has 0 saturated carbocycles. The summed E-state index contributed by atoms with van der Waals surface area (Å²) in [6, 6.07) is 9.59. The van der Waals surface area contributed by atoms with Gasteiger partial charge in [-0.25, -0.2) is 9.67 Å². The number of nitriles is 1. The van der Waals surface area contributed by atoms with Crippen LogP contribution < -0.4 is 10.6 Å². The third-order valence-electron chi connectivity index (χ3n) is 4.31. The molecule has 144 valence electrons. The number of likely N-dealkylation sites (N-methyl/N-ethyl adjacent to an activating group) is 1. The molecule has 0 unspecified atom stereocenters. The Morgan fingerprint density at radius 2 is 2.07 bits per heavy atom. The van der Waals surface area contributed by atoms with Gasteiger partial charge in [-0.05, 0) is 11.6 Å². The second kappa shape index (κ2) is 7.77. The third-order valence-corrected chi connectivity index (χ3v) is 4.31. The zero-order valence-corrected chi connectivity index (χ0v) is 15.6. The van der Waals surface area contributed by atoms with Crippen LogP contribution in [0.15, 0.2) is 49.1 Å². The van der Waals surface area contributed by atoms with Gasteiger partial charge in [0, 0.05) is 19.4 Å². The summed E-state index contributed by atoms with van der Waals surface area (Å²) < 4.78 is 3.25. The minimum absolute atomic E-state index is 0.128. The van der Waals surface area contributed by atoms with Crippen LogP contribution in [0, 0.1) is 11.3 Å². The summed E-state index contributed by atoms with van der Waals surface area (Å²) >= 11 is 0. The number of rotatable bonds is 6. The number of nitrogens with zero attached hydrogens (tertiary/aromatic N) is 7. The van der Waals surface area contributed by atoms with Crippen molar-refractivity contribution in [1.82, 2.24) is 34.8 Å². The van der Waals surface area contributed by atoms with Gasteiger partial charge in [-0.3, -0.25) is 9.48 Å². The van der Waals surface area contributed by atoms with Gasteiger partial charge < -0.3 is 10.6 Å². The highest BCUT2D eigenvalue weighted by Crippen LogP contribution is 2.18. The number of carbonyl (C=O) groups excluding carboxylic acids is 1. The second-order valence-electron chi connectivity index (χ2n) is 6.27. The molecule has 0 spiro atoms. The van der Waals surface area contributed by atoms with Crippen molar-refractivity contribution < 1.29 is 4.79 Å². The predicted octanol–water partition coefficient (Wildman–Crippen LogP) is 1.43. The lowest BCUT2D eigenvalue weighted by atomic mass is 10.1. The maximum absolute atomic E-state index is 11.5. The molecule has 29 heavy (non-hydrogen) atoms. The predicted molar refractivity (Wildman–Crippen MR) is 105 cm³/mol. The first-order valence-corrected chi connectivity index (χ1v) is 8.83. The molecule has 4 rings (SSSR count). The van der Waals surface area contributed by atoms with Crippen LogP contribution >= 0.6 is 0 Å². The van der Waals surface area contributed by atoms with Gasteiger partial charge >= 0.3 is 0 Å². The highest BCUT2D eigenvalue weighted by atomic mass is 16.1. The number of benzene rings is 1. The lowest BCUT2D eigenvalue weighted by Gasteiger charge is -2.06. The van der Waals surface area contributed by atoms with Crippen LogP contribution in [0.4, 0.5) is 11.6 Å². The quantitative estimate of drug-likeness (QED) is 0.512. The first-order chi connectivity index (χ1) is 14.2. The van der Waals surface area contributed by atoms with E-state index in [1.54, 1.807) is 42.6 Å². The fourth-order valence-corrected chi connectivity index (χ4v) is 2.84. The van der Waals surface area contributed by atoms with E-state index in [1.165, 1.54) is 4.68 Å². The summed E-state index contributed by atoms with van der Waals surface area (Å²) in [6.45, 7) is 0.552. The van der Waals surface area contributed by atoms with Gasteiger partial charge in [0.25, 0.3) is 0 Å². The fraction of sp³-hybridized carbons (Fsp3) is 0.158. The normalized spacial score (nSPS) is 10.6. The van der Waals surface area contributed by atoms with Crippen molar-refractivity contribution in [2.45, 2.75) is 13.1 Å². The number of amides is 1. The highest BCUT2D eigenvalue weighted by Gasteiger charge is 2.10. The monoisotopic (exact) mass is 387 g/mol. The Bertz CT molecular complexity index is 1220. The van der Waals surface area contributed by atoms with Crippen LogP contribution in [0.5, 0.6) is 0 Å². The van der Waals surface area contributed by atoms with Crippen molar-refractivity contribution in [3.63, 3.8) is 0 Å². The van der Waals surface area contributed by atoms with Gasteiger partial charge in [0.15, 0.2) is 5.65 Å². The molecule has 4 aromatic rings. The molecular formula is C19H17N9O. The Balaban J connectivity index is 1.57. The number of aromatic nitrogens is 6. The number of carbonyl (C=O) groups is 1. The van der Waals surface area contributed by atoms with Crippen molar-refractivity contribution in [3.05, 3.63) is 60.2 Å². The minimum atomic E-state index is -0.140. The maximum atomic E-state index is 11.5. The first-order valence-electron chi connectivity index (χ1n) is 8.83. The SMILES string of the molecule is CNC(=O)Cn1cc(Nc2ncc3cnn(Cc4ccccc4C#N)c3n2)cn1. The van der Waals surface area contributed by atoms with E-state index >= 15 is 0 Å². The molecular weight excluding hydrogens is 370 g/mol. The Morgan fingerprint density at radius 1 is 1.21 bits per heavy atom. The highest BCUT2D eigenvalue weighted by molar-refractivity contribution is 5.76. The Morgan fingerprint density at radius 3 is 2.90 bits per heavy atom. The average Bonchev–Trinajstić information content (AvgIpc) is 3.35. The molecule has 10 nitrogen and oxygen atoms in total. The minimum Gasteiger partial charge on any atom is -0.358 e.